The Bertz CT molecular complexity index is 279. The number of aliphatic hydroxyl groups excluding tert-OH is 1. The highest BCUT2D eigenvalue weighted by molar-refractivity contribution is 5.77. The van der Waals surface area contributed by atoms with Crippen molar-refractivity contribution in [3.05, 3.63) is 30.1 Å². The topological polar surface area (TPSA) is 56.7 Å². The van der Waals surface area contributed by atoms with Crippen molar-refractivity contribution in [2.24, 2.45) is 5.16 Å². The maximum absolute atomic E-state index is 8.64. The fourth-order valence-electron chi connectivity index (χ4n) is 0.940. The Morgan fingerprint density at radius 3 is 2.92 bits per heavy atom. The highest BCUT2D eigenvalue weighted by Crippen LogP contribution is 1.88. The molecular formula is C8H11BrN2O2. The van der Waals surface area contributed by atoms with Gasteiger partial charge < -0.3 is 27.3 Å². The summed E-state index contributed by atoms with van der Waals surface area (Å²) in [5, 5.41) is 19.8. The minimum Gasteiger partial charge on any atom is -1.00 e. The summed E-state index contributed by atoms with van der Waals surface area (Å²) in [7, 11) is 0. The number of aliphatic hydroxyl groups is 1. The van der Waals surface area contributed by atoms with Crippen molar-refractivity contribution < 1.29 is 31.9 Å². The third-order valence-electron chi connectivity index (χ3n) is 1.45. The second-order valence-corrected chi connectivity index (χ2v) is 2.34. The van der Waals surface area contributed by atoms with Crippen LogP contribution in [0.4, 0.5) is 0 Å². The van der Waals surface area contributed by atoms with Gasteiger partial charge in [0.2, 0.25) is 0 Å². The fourth-order valence-corrected chi connectivity index (χ4v) is 0.940. The molecule has 1 rings (SSSR count). The van der Waals surface area contributed by atoms with E-state index in [1.165, 1.54) is 6.21 Å². The van der Waals surface area contributed by atoms with Crippen molar-refractivity contribution in [2.75, 3.05) is 6.61 Å². The molecular weight excluding hydrogens is 236 g/mol. The molecule has 1 aromatic rings. The minimum atomic E-state index is 0. The summed E-state index contributed by atoms with van der Waals surface area (Å²) in [6, 6.07) is 3.64. The second kappa shape index (κ2) is 6.56. The first-order valence-electron chi connectivity index (χ1n) is 3.64. The average molecular weight is 247 g/mol. The van der Waals surface area contributed by atoms with E-state index in [4.69, 9.17) is 10.3 Å². The van der Waals surface area contributed by atoms with E-state index in [1.54, 1.807) is 6.20 Å². The average Bonchev–Trinajstić information content (AvgIpc) is 2.06. The number of hydrogen-bond acceptors (Lipinski definition) is 3. The molecule has 0 saturated heterocycles. The number of oxime groups is 1. The predicted molar refractivity (Wildman–Crippen MR) is 43.1 cm³/mol. The Morgan fingerprint density at radius 1 is 1.54 bits per heavy atom. The molecule has 0 aliphatic rings. The van der Waals surface area contributed by atoms with E-state index < -0.39 is 0 Å². The normalized spacial score (nSPS) is 9.92. The summed E-state index contributed by atoms with van der Waals surface area (Å²) in [5.41, 5.74) is 0.799. The second-order valence-electron chi connectivity index (χ2n) is 2.34. The Kier molecular flexibility index (Phi) is 6.09. The standard InChI is InChI=1S/C8H10N2O2.BrH/c11-5-4-10-3-1-2-8(7-10)6-9-12;/h1-3,6-7,11H,4-5H2;1H/b9-6+;. The maximum Gasteiger partial charge on any atom is 0.177 e. The van der Waals surface area contributed by atoms with Crippen molar-refractivity contribution >= 4 is 6.21 Å². The van der Waals surface area contributed by atoms with Crippen molar-refractivity contribution in [2.45, 2.75) is 6.54 Å². The van der Waals surface area contributed by atoms with Gasteiger partial charge in [-0.15, -0.1) is 0 Å². The van der Waals surface area contributed by atoms with Crippen LogP contribution in [0, 0.1) is 0 Å². The van der Waals surface area contributed by atoms with Crippen molar-refractivity contribution in [3.63, 3.8) is 0 Å². The third kappa shape index (κ3) is 4.00. The van der Waals surface area contributed by atoms with Gasteiger partial charge in [0.1, 0.15) is 6.61 Å². The van der Waals surface area contributed by atoms with Crippen LogP contribution in [-0.4, -0.2) is 23.1 Å². The van der Waals surface area contributed by atoms with Crippen LogP contribution in [0.15, 0.2) is 29.7 Å². The van der Waals surface area contributed by atoms with Crippen LogP contribution in [0.2, 0.25) is 0 Å². The highest BCUT2D eigenvalue weighted by atomic mass is 79.9. The van der Waals surface area contributed by atoms with Gasteiger partial charge in [-0.25, -0.2) is 4.57 Å². The lowest BCUT2D eigenvalue weighted by Gasteiger charge is -1.93. The molecule has 0 atom stereocenters. The smallest absolute Gasteiger partial charge is 0.177 e. The van der Waals surface area contributed by atoms with Crippen LogP contribution in [0.5, 0.6) is 0 Å². The summed E-state index contributed by atoms with van der Waals surface area (Å²) < 4.78 is 1.82. The van der Waals surface area contributed by atoms with E-state index >= 15 is 0 Å². The van der Waals surface area contributed by atoms with E-state index in [2.05, 4.69) is 5.16 Å². The van der Waals surface area contributed by atoms with E-state index in [0.717, 1.165) is 5.56 Å². The van der Waals surface area contributed by atoms with E-state index in [0.29, 0.717) is 6.54 Å². The summed E-state index contributed by atoms with van der Waals surface area (Å²) >= 11 is 0. The number of halogens is 1. The van der Waals surface area contributed by atoms with Gasteiger partial charge in [0.15, 0.2) is 18.9 Å². The highest BCUT2D eigenvalue weighted by Gasteiger charge is 1.98. The van der Waals surface area contributed by atoms with Gasteiger partial charge in [0, 0.05) is 6.07 Å². The minimum absolute atomic E-state index is 0. The molecule has 0 unspecified atom stereocenters. The molecule has 0 fully saturated rings. The van der Waals surface area contributed by atoms with Crippen molar-refractivity contribution in [3.8, 4) is 0 Å². The third-order valence-corrected chi connectivity index (χ3v) is 1.45. The summed E-state index contributed by atoms with van der Waals surface area (Å²) in [6.07, 6.45) is 4.97. The molecule has 0 aliphatic heterocycles. The van der Waals surface area contributed by atoms with E-state index in [1.807, 2.05) is 22.9 Å². The molecule has 0 amide bonds. The SMILES string of the molecule is OCC[n+]1cccc(/C=N/O)c1.[Br-]. The monoisotopic (exact) mass is 246 g/mol. The molecule has 0 spiro atoms. The van der Waals surface area contributed by atoms with E-state index in [9.17, 15) is 0 Å². The van der Waals surface area contributed by atoms with Crippen LogP contribution in [0.25, 0.3) is 0 Å². The molecule has 72 valence electrons. The molecule has 1 heterocycles. The lowest BCUT2D eigenvalue weighted by molar-refractivity contribution is -0.698. The Hall–Kier alpha value is -0.940. The molecule has 0 aromatic carbocycles. The number of pyridine rings is 1. The first-order chi connectivity index (χ1) is 5.86. The first-order valence-corrected chi connectivity index (χ1v) is 3.64. The molecule has 2 N–H and O–H groups in total. The fraction of sp³-hybridized carbons (Fsp3) is 0.250. The molecule has 0 bridgehead atoms. The molecule has 0 aliphatic carbocycles. The van der Waals surface area contributed by atoms with Crippen molar-refractivity contribution in [1.82, 2.24) is 0 Å². The molecule has 1 aromatic heterocycles. The molecule has 4 nitrogen and oxygen atoms in total. The van der Waals surface area contributed by atoms with E-state index in [-0.39, 0.29) is 23.6 Å². The van der Waals surface area contributed by atoms with Gasteiger partial charge in [-0.2, -0.15) is 0 Å². The van der Waals surface area contributed by atoms with Gasteiger partial charge in [0.05, 0.1) is 11.8 Å². The Morgan fingerprint density at radius 2 is 2.31 bits per heavy atom. The lowest BCUT2D eigenvalue weighted by atomic mass is 10.3. The van der Waals surface area contributed by atoms with Gasteiger partial charge in [-0.1, -0.05) is 5.16 Å². The number of nitrogens with zero attached hydrogens (tertiary/aromatic N) is 2. The zero-order valence-electron chi connectivity index (χ0n) is 6.97. The quantitative estimate of drug-likeness (QED) is 0.255. The van der Waals surface area contributed by atoms with Crippen LogP contribution in [-0.2, 0) is 6.54 Å². The summed E-state index contributed by atoms with van der Waals surface area (Å²) in [6.45, 7) is 0.650. The molecule has 0 radical (unpaired) electrons. The van der Waals surface area contributed by atoms with Crippen LogP contribution in [0.1, 0.15) is 5.56 Å². The zero-order chi connectivity index (χ0) is 8.81. The summed E-state index contributed by atoms with van der Waals surface area (Å²) in [5.74, 6) is 0. The van der Waals surface area contributed by atoms with Crippen molar-refractivity contribution in [1.29, 1.82) is 0 Å². The lowest BCUT2D eigenvalue weighted by Crippen LogP contribution is -3.00. The van der Waals surface area contributed by atoms with Crippen LogP contribution < -0.4 is 21.5 Å². The molecule has 0 saturated carbocycles. The maximum atomic E-state index is 8.64. The predicted octanol–water partition coefficient (Wildman–Crippen LogP) is -3.22. The van der Waals surface area contributed by atoms with Crippen LogP contribution in [0.3, 0.4) is 0 Å². The zero-order valence-corrected chi connectivity index (χ0v) is 8.55. The number of hydrogen-bond donors (Lipinski definition) is 2. The van der Waals surface area contributed by atoms with Gasteiger partial charge in [-0.3, -0.25) is 0 Å². The number of aromatic nitrogens is 1. The number of rotatable bonds is 3. The summed E-state index contributed by atoms with van der Waals surface area (Å²) in [4.78, 5) is 0. The Balaban J connectivity index is 0.00000144. The van der Waals surface area contributed by atoms with Gasteiger partial charge in [0.25, 0.3) is 0 Å². The van der Waals surface area contributed by atoms with Gasteiger partial charge >= 0.3 is 0 Å². The Labute approximate surface area is 86.9 Å². The molecule has 5 heteroatoms. The van der Waals surface area contributed by atoms with Gasteiger partial charge in [-0.05, 0) is 6.07 Å². The van der Waals surface area contributed by atoms with Crippen LogP contribution >= 0.6 is 0 Å². The molecule has 13 heavy (non-hydrogen) atoms. The largest absolute Gasteiger partial charge is 1.00 e. The first kappa shape index (κ1) is 12.1.